The number of benzene rings is 5. The fourth-order valence-electron chi connectivity index (χ4n) is 8.52. The fourth-order valence-corrected chi connectivity index (χ4v) is 8.52. The molecule has 0 spiro atoms. The molecule has 0 amide bonds. The van der Waals surface area contributed by atoms with E-state index in [1.54, 1.807) is 14.2 Å². The van der Waals surface area contributed by atoms with E-state index in [0.717, 1.165) is 83.5 Å². The smallest absolute Gasteiger partial charge is 0.178 e. The first-order valence-corrected chi connectivity index (χ1v) is 18.0. The Bertz CT molecular complexity index is 2110. The highest BCUT2D eigenvalue weighted by Crippen LogP contribution is 2.60. The lowest BCUT2D eigenvalue weighted by Gasteiger charge is -2.39. The molecule has 1 aliphatic heterocycles. The average Bonchev–Trinajstić information content (AvgIpc) is 3.47. The van der Waals surface area contributed by atoms with E-state index in [2.05, 4.69) is 111 Å². The van der Waals surface area contributed by atoms with Crippen molar-refractivity contribution in [3.63, 3.8) is 0 Å². The SMILES string of the molecule is CCCN(CCC)c1ccc(C2(c3ccc(OC)cc3)C=Cc3c4c(c5ccc(OC)cc5c3O2)-c2ccc(C#N)cc2C4(CC)CC)cc1. The molecule has 0 bridgehead atoms. The lowest BCUT2D eigenvalue weighted by Crippen LogP contribution is -2.35. The van der Waals surface area contributed by atoms with E-state index >= 15 is 0 Å². The molecule has 50 heavy (non-hydrogen) atoms. The van der Waals surface area contributed by atoms with Crippen LogP contribution in [0.5, 0.6) is 17.2 Å². The van der Waals surface area contributed by atoms with Crippen LogP contribution in [-0.2, 0) is 11.0 Å². The summed E-state index contributed by atoms with van der Waals surface area (Å²) in [6, 6.07) is 32.1. The van der Waals surface area contributed by atoms with Crippen molar-refractivity contribution in [1.82, 2.24) is 0 Å². The van der Waals surface area contributed by atoms with Crippen molar-refractivity contribution in [1.29, 1.82) is 5.26 Å². The van der Waals surface area contributed by atoms with Gasteiger partial charge in [0.15, 0.2) is 5.60 Å². The molecule has 0 N–H and O–H groups in total. The Morgan fingerprint density at radius 2 is 1.38 bits per heavy atom. The number of methoxy groups -OCH3 is 2. The molecule has 1 unspecified atom stereocenters. The van der Waals surface area contributed by atoms with Crippen molar-refractivity contribution in [2.24, 2.45) is 0 Å². The highest BCUT2D eigenvalue weighted by Gasteiger charge is 2.47. The monoisotopic (exact) mass is 662 g/mol. The maximum atomic E-state index is 9.93. The summed E-state index contributed by atoms with van der Waals surface area (Å²) in [7, 11) is 3.41. The van der Waals surface area contributed by atoms with Crippen molar-refractivity contribution in [2.75, 3.05) is 32.2 Å². The number of fused-ring (bicyclic) bond motifs is 8. The lowest BCUT2D eigenvalue weighted by atomic mass is 9.71. The van der Waals surface area contributed by atoms with Gasteiger partial charge in [-0.3, -0.25) is 0 Å². The minimum absolute atomic E-state index is 0.271. The Morgan fingerprint density at radius 3 is 1.98 bits per heavy atom. The predicted octanol–water partition coefficient (Wildman–Crippen LogP) is 10.8. The third kappa shape index (κ3) is 5.04. The van der Waals surface area contributed by atoms with Crippen molar-refractivity contribution in [3.05, 3.63) is 124 Å². The van der Waals surface area contributed by atoms with Crippen LogP contribution in [0.2, 0.25) is 0 Å². The van der Waals surface area contributed by atoms with Gasteiger partial charge in [-0.25, -0.2) is 0 Å². The van der Waals surface area contributed by atoms with Gasteiger partial charge in [-0.05, 0) is 114 Å². The van der Waals surface area contributed by atoms with Gasteiger partial charge in [0, 0.05) is 46.3 Å². The van der Waals surface area contributed by atoms with Crippen LogP contribution < -0.4 is 19.1 Å². The second-order valence-electron chi connectivity index (χ2n) is 13.5. The van der Waals surface area contributed by atoms with Crippen LogP contribution in [0.15, 0.2) is 91.0 Å². The number of anilines is 1. The normalized spacial score (nSPS) is 16.6. The second-order valence-corrected chi connectivity index (χ2v) is 13.5. The Hall–Kier alpha value is -5.21. The van der Waals surface area contributed by atoms with Crippen LogP contribution in [0, 0.1) is 11.3 Å². The summed E-state index contributed by atoms with van der Waals surface area (Å²) in [5.74, 6) is 2.42. The first kappa shape index (κ1) is 33.3. The van der Waals surface area contributed by atoms with E-state index in [0.29, 0.717) is 5.56 Å². The Labute approximate surface area is 296 Å². The number of ether oxygens (including phenoxy) is 3. The number of nitriles is 1. The number of rotatable bonds is 11. The molecule has 0 fully saturated rings. The molecule has 2 aliphatic rings. The van der Waals surface area contributed by atoms with Crippen LogP contribution in [0.3, 0.4) is 0 Å². The maximum absolute atomic E-state index is 9.93. The molecule has 254 valence electrons. The molecule has 0 radical (unpaired) electrons. The van der Waals surface area contributed by atoms with E-state index < -0.39 is 5.60 Å². The molecule has 0 aromatic heterocycles. The average molecular weight is 663 g/mol. The quantitative estimate of drug-likeness (QED) is 0.141. The Morgan fingerprint density at radius 1 is 0.740 bits per heavy atom. The molecule has 1 aliphatic carbocycles. The van der Waals surface area contributed by atoms with Gasteiger partial charge < -0.3 is 19.1 Å². The first-order valence-electron chi connectivity index (χ1n) is 18.0. The molecular formula is C45H46N2O3. The second kappa shape index (κ2) is 13.2. The van der Waals surface area contributed by atoms with Crippen molar-refractivity contribution >= 4 is 22.5 Å². The van der Waals surface area contributed by atoms with Crippen LogP contribution in [0.1, 0.15) is 86.8 Å². The molecular weight excluding hydrogens is 617 g/mol. The highest BCUT2D eigenvalue weighted by molar-refractivity contribution is 6.09. The fraction of sp³-hybridized carbons (Fsp3) is 0.311. The third-order valence-corrected chi connectivity index (χ3v) is 11.0. The summed E-state index contributed by atoms with van der Waals surface area (Å²) < 4.78 is 19.0. The zero-order valence-corrected chi connectivity index (χ0v) is 30.1. The maximum Gasteiger partial charge on any atom is 0.178 e. The summed E-state index contributed by atoms with van der Waals surface area (Å²) in [5.41, 5.74) is 8.83. The largest absolute Gasteiger partial charge is 0.497 e. The molecule has 1 heterocycles. The van der Waals surface area contributed by atoms with Crippen LogP contribution >= 0.6 is 0 Å². The van der Waals surface area contributed by atoms with Crippen LogP contribution in [-0.4, -0.2) is 27.3 Å². The van der Waals surface area contributed by atoms with Crippen molar-refractivity contribution < 1.29 is 14.2 Å². The van der Waals surface area contributed by atoms with Crippen LogP contribution in [0.25, 0.3) is 28.0 Å². The number of hydrogen-bond donors (Lipinski definition) is 0. The minimum atomic E-state index is -0.900. The predicted molar refractivity (Wildman–Crippen MR) is 205 cm³/mol. The summed E-state index contributed by atoms with van der Waals surface area (Å²) >= 11 is 0. The molecule has 5 aromatic rings. The first-order chi connectivity index (χ1) is 24.4. The zero-order chi connectivity index (χ0) is 35.0. The molecule has 0 saturated heterocycles. The minimum Gasteiger partial charge on any atom is -0.497 e. The third-order valence-electron chi connectivity index (χ3n) is 11.0. The summed E-state index contributed by atoms with van der Waals surface area (Å²) in [4.78, 5) is 2.46. The van der Waals surface area contributed by atoms with E-state index in [1.807, 2.05) is 24.3 Å². The van der Waals surface area contributed by atoms with Gasteiger partial charge in [-0.2, -0.15) is 5.26 Å². The molecule has 0 saturated carbocycles. The van der Waals surface area contributed by atoms with Gasteiger partial charge >= 0.3 is 0 Å². The van der Waals surface area contributed by atoms with E-state index in [9.17, 15) is 5.26 Å². The summed E-state index contributed by atoms with van der Waals surface area (Å²) in [5, 5.41) is 12.1. The van der Waals surface area contributed by atoms with Gasteiger partial charge in [0.25, 0.3) is 0 Å². The standard InChI is InChI=1S/C45H46N2O3/c1-7-25-47(26-8-2)33-16-12-31(13-17-33)45(32-14-18-34(48-5)19-15-32)24-23-38-42-41(36-22-20-35(49-6)28-39(36)43(38)50-45)37-21-11-30(29-46)27-40(37)44(42,9-3)10-4/h11-24,27-28H,7-10,25-26H2,1-6H3. The zero-order valence-electron chi connectivity index (χ0n) is 30.1. The molecule has 5 nitrogen and oxygen atoms in total. The molecule has 5 heteroatoms. The summed E-state index contributed by atoms with van der Waals surface area (Å²) in [6.45, 7) is 11.0. The van der Waals surface area contributed by atoms with Crippen molar-refractivity contribution in [2.45, 2.75) is 64.4 Å². The highest BCUT2D eigenvalue weighted by atomic mass is 16.5. The lowest BCUT2D eigenvalue weighted by molar-refractivity contribution is 0.163. The molecule has 5 aromatic carbocycles. The Kier molecular flexibility index (Phi) is 8.82. The number of nitrogens with zero attached hydrogens (tertiary/aromatic N) is 2. The van der Waals surface area contributed by atoms with Crippen molar-refractivity contribution in [3.8, 4) is 34.4 Å². The van der Waals surface area contributed by atoms with Gasteiger partial charge in [-0.15, -0.1) is 0 Å². The van der Waals surface area contributed by atoms with Gasteiger partial charge in [0.2, 0.25) is 0 Å². The van der Waals surface area contributed by atoms with E-state index in [-0.39, 0.29) is 5.41 Å². The number of hydrogen-bond acceptors (Lipinski definition) is 5. The van der Waals surface area contributed by atoms with Crippen LogP contribution in [0.4, 0.5) is 5.69 Å². The van der Waals surface area contributed by atoms with Gasteiger partial charge in [0.05, 0.1) is 25.9 Å². The van der Waals surface area contributed by atoms with E-state index in [1.165, 1.54) is 27.9 Å². The molecule has 1 atom stereocenters. The van der Waals surface area contributed by atoms with E-state index in [4.69, 9.17) is 14.2 Å². The van der Waals surface area contributed by atoms with Gasteiger partial charge in [-0.1, -0.05) is 64.1 Å². The topological polar surface area (TPSA) is 54.7 Å². The van der Waals surface area contributed by atoms with Gasteiger partial charge in [0.1, 0.15) is 17.2 Å². The summed E-state index contributed by atoms with van der Waals surface area (Å²) in [6.07, 6.45) is 8.54. The Balaban J connectivity index is 1.51. The molecule has 7 rings (SSSR count).